The summed E-state index contributed by atoms with van der Waals surface area (Å²) in [5.41, 5.74) is 6.30. The molecule has 0 saturated carbocycles. The summed E-state index contributed by atoms with van der Waals surface area (Å²) < 4.78 is 11.5. The lowest BCUT2D eigenvalue weighted by Crippen LogP contribution is -1.92. The molecule has 74 valence electrons. The zero-order valence-electron chi connectivity index (χ0n) is 7.71. The minimum Gasteiger partial charge on any atom is -0.496 e. The molecule has 0 aliphatic rings. The van der Waals surface area contributed by atoms with Crippen LogP contribution in [0.3, 0.4) is 0 Å². The first-order valence-electron chi connectivity index (χ1n) is 4.20. The van der Waals surface area contributed by atoms with Crippen molar-refractivity contribution in [2.75, 3.05) is 7.11 Å². The minimum absolute atomic E-state index is 0.411. The maximum atomic E-state index is 5.49. The van der Waals surface area contributed by atoms with Crippen LogP contribution < -0.4 is 10.5 Å². The Balaban J connectivity index is 2.64. The monoisotopic (exact) mass is 255 g/mol. The molecule has 0 unspecified atom stereocenters. The van der Waals surface area contributed by atoms with Gasteiger partial charge in [-0.2, -0.15) is 0 Å². The zero-order chi connectivity index (χ0) is 10.1. The quantitative estimate of drug-likeness (QED) is 0.898. The van der Waals surface area contributed by atoms with Crippen LogP contribution in [0.5, 0.6) is 5.75 Å². The molecule has 0 fully saturated rings. The normalized spacial score (nSPS) is 10.8. The number of ether oxygens (including phenoxy) is 1. The Morgan fingerprint density at radius 2 is 2.21 bits per heavy atom. The molecule has 3 nitrogen and oxygen atoms in total. The third-order valence-corrected chi connectivity index (χ3v) is 2.66. The molecule has 0 amide bonds. The highest BCUT2D eigenvalue weighted by Gasteiger charge is 2.07. The maximum absolute atomic E-state index is 5.49. The molecule has 1 heterocycles. The van der Waals surface area contributed by atoms with Gasteiger partial charge in [-0.3, -0.25) is 0 Å². The molecule has 2 N–H and O–H groups in total. The van der Waals surface area contributed by atoms with Crippen LogP contribution in [-0.2, 0) is 6.54 Å². The number of nitrogens with two attached hydrogens (primary N) is 1. The molecule has 0 radical (unpaired) electrons. The summed E-state index contributed by atoms with van der Waals surface area (Å²) in [6, 6.07) is 5.72. The van der Waals surface area contributed by atoms with Gasteiger partial charge in [0.1, 0.15) is 17.1 Å². The molecule has 0 saturated heterocycles. The van der Waals surface area contributed by atoms with Gasteiger partial charge in [0, 0.05) is 5.39 Å². The average molecular weight is 256 g/mol. The van der Waals surface area contributed by atoms with Crippen LogP contribution in [0.2, 0.25) is 0 Å². The van der Waals surface area contributed by atoms with Gasteiger partial charge in [0.15, 0.2) is 0 Å². The average Bonchev–Trinajstić information content (AvgIpc) is 2.58. The number of methoxy groups -OCH3 is 1. The Morgan fingerprint density at radius 3 is 2.86 bits per heavy atom. The van der Waals surface area contributed by atoms with Crippen molar-refractivity contribution < 1.29 is 9.15 Å². The van der Waals surface area contributed by atoms with Crippen molar-refractivity contribution in [3.63, 3.8) is 0 Å². The van der Waals surface area contributed by atoms with Gasteiger partial charge in [-0.1, -0.05) is 0 Å². The lowest BCUT2D eigenvalue weighted by molar-refractivity contribution is 0.412. The molecular formula is C10H10BrNO2. The molecule has 1 aromatic carbocycles. The van der Waals surface area contributed by atoms with Crippen molar-refractivity contribution in [3.8, 4) is 5.75 Å². The zero-order valence-corrected chi connectivity index (χ0v) is 9.30. The van der Waals surface area contributed by atoms with Gasteiger partial charge in [0.25, 0.3) is 0 Å². The van der Waals surface area contributed by atoms with E-state index in [1.54, 1.807) is 7.11 Å². The molecule has 1 aromatic heterocycles. The number of fused-ring (bicyclic) bond motifs is 1. The van der Waals surface area contributed by atoms with Gasteiger partial charge in [-0.15, -0.1) is 0 Å². The van der Waals surface area contributed by atoms with Gasteiger partial charge < -0.3 is 14.9 Å². The van der Waals surface area contributed by atoms with E-state index in [1.807, 2.05) is 18.2 Å². The molecule has 2 aromatic rings. The van der Waals surface area contributed by atoms with Crippen molar-refractivity contribution in [2.24, 2.45) is 5.73 Å². The van der Waals surface area contributed by atoms with E-state index in [0.717, 1.165) is 27.0 Å². The molecule has 0 spiro atoms. The van der Waals surface area contributed by atoms with E-state index < -0.39 is 0 Å². The van der Waals surface area contributed by atoms with Crippen LogP contribution in [0.15, 0.2) is 27.1 Å². The predicted molar refractivity (Wildman–Crippen MR) is 58.4 cm³/mol. The van der Waals surface area contributed by atoms with E-state index in [2.05, 4.69) is 15.9 Å². The van der Waals surface area contributed by atoms with Gasteiger partial charge in [-0.05, 0) is 34.1 Å². The summed E-state index contributed by atoms with van der Waals surface area (Å²) in [6.07, 6.45) is 0. The molecular weight excluding hydrogens is 246 g/mol. The molecule has 0 aliphatic carbocycles. The second kappa shape index (κ2) is 3.63. The summed E-state index contributed by atoms with van der Waals surface area (Å²) in [5.74, 6) is 1.57. The van der Waals surface area contributed by atoms with E-state index in [1.165, 1.54) is 0 Å². The standard InChI is InChI=1S/C10H10BrNO2/c1-13-10-3-6-2-7(5-12)14-9(6)4-8(10)11/h2-4H,5,12H2,1H3. The number of hydrogen-bond acceptors (Lipinski definition) is 3. The smallest absolute Gasteiger partial charge is 0.135 e. The van der Waals surface area contributed by atoms with Crippen molar-refractivity contribution >= 4 is 26.9 Å². The number of rotatable bonds is 2. The largest absolute Gasteiger partial charge is 0.496 e. The Kier molecular flexibility index (Phi) is 2.48. The van der Waals surface area contributed by atoms with Crippen molar-refractivity contribution in [3.05, 3.63) is 28.4 Å². The number of halogens is 1. The number of furan rings is 1. The Labute approximate surface area is 90.0 Å². The summed E-state index contributed by atoms with van der Waals surface area (Å²) in [5, 5.41) is 1.01. The summed E-state index contributed by atoms with van der Waals surface area (Å²) in [6.45, 7) is 0.411. The Morgan fingerprint density at radius 1 is 1.43 bits per heavy atom. The van der Waals surface area contributed by atoms with E-state index in [9.17, 15) is 0 Å². The Bertz CT molecular complexity index is 464. The third kappa shape index (κ3) is 1.51. The molecule has 0 aliphatic heterocycles. The first-order chi connectivity index (χ1) is 6.74. The highest BCUT2D eigenvalue weighted by Crippen LogP contribution is 2.31. The van der Waals surface area contributed by atoms with Crippen LogP contribution in [-0.4, -0.2) is 7.11 Å². The van der Waals surface area contributed by atoms with Gasteiger partial charge in [0.05, 0.1) is 18.1 Å². The third-order valence-electron chi connectivity index (χ3n) is 2.04. The first kappa shape index (κ1) is 9.55. The fourth-order valence-corrected chi connectivity index (χ4v) is 1.84. The second-order valence-corrected chi connectivity index (χ2v) is 3.80. The van der Waals surface area contributed by atoms with Crippen LogP contribution in [0.1, 0.15) is 5.76 Å². The van der Waals surface area contributed by atoms with Crippen molar-refractivity contribution in [2.45, 2.75) is 6.54 Å². The van der Waals surface area contributed by atoms with Gasteiger partial charge >= 0.3 is 0 Å². The number of hydrogen-bond donors (Lipinski definition) is 1. The predicted octanol–water partition coefficient (Wildman–Crippen LogP) is 2.66. The van der Waals surface area contributed by atoms with Crippen LogP contribution >= 0.6 is 15.9 Å². The molecule has 0 atom stereocenters. The summed E-state index contributed by atoms with van der Waals surface area (Å²) in [4.78, 5) is 0. The molecule has 0 bridgehead atoms. The Hall–Kier alpha value is -1.00. The SMILES string of the molecule is COc1cc2cc(CN)oc2cc1Br. The lowest BCUT2D eigenvalue weighted by Gasteiger charge is -2.01. The summed E-state index contributed by atoms with van der Waals surface area (Å²) >= 11 is 3.39. The van der Waals surface area contributed by atoms with E-state index >= 15 is 0 Å². The van der Waals surface area contributed by atoms with Crippen molar-refractivity contribution in [1.82, 2.24) is 0 Å². The first-order valence-corrected chi connectivity index (χ1v) is 5.00. The molecule has 2 rings (SSSR count). The highest BCUT2D eigenvalue weighted by molar-refractivity contribution is 9.10. The van der Waals surface area contributed by atoms with Crippen molar-refractivity contribution in [1.29, 1.82) is 0 Å². The minimum atomic E-state index is 0.411. The molecule has 14 heavy (non-hydrogen) atoms. The fraction of sp³-hybridized carbons (Fsp3) is 0.200. The topological polar surface area (TPSA) is 48.4 Å². The summed E-state index contributed by atoms with van der Waals surface area (Å²) in [7, 11) is 1.63. The maximum Gasteiger partial charge on any atom is 0.135 e. The second-order valence-electron chi connectivity index (χ2n) is 2.94. The van der Waals surface area contributed by atoms with E-state index in [4.69, 9.17) is 14.9 Å². The number of benzene rings is 1. The van der Waals surface area contributed by atoms with Gasteiger partial charge in [-0.25, -0.2) is 0 Å². The lowest BCUT2D eigenvalue weighted by atomic mass is 10.2. The molecule has 4 heteroatoms. The van der Waals surface area contributed by atoms with Crippen LogP contribution in [0.25, 0.3) is 11.0 Å². The highest BCUT2D eigenvalue weighted by atomic mass is 79.9. The van der Waals surface area contributed by atoms with E-state index in [-0.39, 0.29) is 0 Å². The van der Waals surface area contributed by atoms with Crippen LogP contribution in [0.4, 0.5) is 0 Å². The van der Waals surface area contributed by atoms with E-state index in [0.29, 0.717) is 6.54 Å². The van der Waals surface area contributed by atoms with Gasteiger partial charge in [0.2, 0.25) is 0 Å². The van der Waals surface area contributed by atoms with Crippen LogP contribution in [0, 0.1) is 0 Å². The fourth-order valence-electron chi connectivity index (χ4n) is 1.35.